The maximum Gasteiger partial charge on any atom is 0.343 e. The second kappa shape index (κ2) is 9.60. The van der Waals surface area contributed by atoms with E-state index in [2.05, 4.69) is 13.8 Å². The molecule has 0 saturated carbocycles. The molecule has 3 aromatic rings. The Bertz CT molecular complexity index is 903. The summed E-state index contributed by atoms with van der Waals surface area (Å²) in [4.78, 5) is 12.6. The molecule has 0 amide bonds. The van der Waals surface area contributed by atoms with Crippen LogP contribution in [0.2, 0.25) is 0 Å². The Labute approximate surface area is 165 Å². The van der Waals surface area contributed by atoms with Crippen molar-refractivity contribution in [1.29, 1.82) is 0 Å². The molecule has 0 fully saturated rings. The van der Waals surface area contributed by atoms with Crippen LogP contribution in [0.4, 0.5) is 0 Å². The van der Waals surface area contributed by atoms with Gasteiger partial charge in [-0.05, 0) is 47.9 Å². The predicted octanol–water partition coefficient (Wildman–Crippen LogP) is 5.49. The summed E-state index contributed by atoms with van der Waals surface area (Å²) in [5.41, 5.74) is 1.45. The van der Waals surface area contributed by atoms with Crippen molar-refractivity contribution in [2.45, 2.75) is 19.8 Å². The van der Waals surface area contributed by atoms with E-state index in [0.717, 1.165) is 11.3 Å². The lowest BCUT2D eigenvalue weighted by Gasteiger charge is -2.13. The van der Waals surface area contributed by atoms with Gasteiger partial charge in [0.2, 0.25) is 0 Å². The summed E-state index contributed by atoms with van der Waals surface area (Å²) in [6.07, 6.45) is 0. The molecular weight excluding hydrogens is 352 g/mol. The van der Waals surface area contributed by atoms with Gasteiger partial charge in [-0.1, -0.05) is 56.3 Å². The van der Waals surface area contributed by atoms with Crippen molar-refractivity contribution in [3.05, 3.63) is 90.0 Å². The zero-order valence-corrected chi connectivity index (χ0v) is 16.1. The number of esters is 1. The number of para-hydroxylation sites is 2. The molecule has 0 spiro atoms. The smallest absolute Gasteiger partial charge is 0.343 e. The van der Waals surface area contributed by atoms with Crippen molar-refractivity contribution in [2.24, 2.45) is 0 Å². The first kappa shape index (κ1) is 19.5. The lowest BCUT2D eigenvalue weighted by molar-refractivity contribution is 0.0732. The highest BCUT2D eigenvalue weighted by molar-refractivity contribution is 5.91. The van der Waals surface area contributed by atoms with Crippen LogP contribution in [0, 0.1) is 0 Å². The topological polar surface area (TPSA) is 44.8 Å². The number of hydrogen-bond donors (Lipinski definition) is 0. The van der Waals surface area contributed by atoms with Crippen molar-refractivity contribution in [2.75, 3.05) is 13.2 Å². The van der Waals surface area contributed by atoms with Crippen LogP contribution in [0.25, 0.3) is 0 Å². The van der Waals surface area contributed by atoms with E-state index in [4.69, 9.17) is 14.2 Å². The molecule has 0 N–H and O–H groups in total. The lowest BCUT2D eigenvalue weighted by atomic mass is 10.0. The van der Waals surface area contributed by atoms with Gasteiger partial charge in [-0.2, -0.15) is 0 Å². The van der Waals surface area contributed by atoms with E-state index >= 15 is 0 Å². The molecule has 0 bridgehead atoms. The van der Waals surface area contributed by atoms with Crippen LogP contribution in [0.15, 0.2) is 78.9 Å². The van der Waals surface area contributed by atoms with E-state index in [-0.39, 0.29) is 5.92 Å². The van der Waals surface area contributed by atoms with Crippen LogP contribution in [-0.4, -0.2) is 19.2 Å². The second-order valence-corrected chi connectivity index (χ2v) is 6.62. The minimum Gasteiger partial charge on any atom is -0.490 e. The van der Waals surface area contributed by atoms with Gasteiger partial charge in [-0.15, -0.1) is 0 Å². The third-order valence-corrected chi connectivity index (χ3v) is 4.18. The third-order valence-electron chi connectivity index (χ3n) is 4.18. The first-order valence-corrected chi connectivity index (χ1v) is 9.35. The van der Waals surface area contributed by atoms with E-state index in [1.54, 1.807) is 24.3 Å². The average Bonchev–Trinajstić information content (AvgIpc) is 2.72. The molecule has 3 rings (SSSR count). The normalized spacial score (nSPS) is 10.5. The molecule has 0 atom stereocenters. The summed E-state index contributed by atoms with van der Waals surface area (Å²) in [5.74, 6) is 1.85. The number of benzene rings is 3. The lowest BCUT2D eigenvalue weighted by Crippen LogP contribution is -2.12. The van der Waals surface area contributed by atoms with Gasteiger partial charge in [0.1, 0.15) is 30.5 Å². The summed E-state index contributed by atoms with van der Waals surface area (Å²) in [6, 6.07) is 24.1. The van der Waals surface area contributed by atoms with Gasteiger partial charge in [-0.3, -0.25) is 0 Å². The Balaban J connectivity index is 1.57. The fourth-order valence-electron chi connectivity index (χ4n) is 2.76. The number of carbonyl (C=O) groups is 1. The third kappa shape index (κ3) is 5.36. The van der Waals surface area contributed by atoms with Crippen LogP contribution < -0.4 is 14.2 Å². The molecule has 0 radical (unpaired) electrons. The molecule has 4 nitrogen and oxygen atoms in total. The van der Waals surface area contributed by atoms with Crippen molar-refractivity contribution in [1.82, 2.24) is 0 Å². The fraction of sp³-hybridized carbons (Fsp3) is 0.208. The van der Waals surface area contributed by atoms with E-state index < -0.39 is 5.97 Å². The molecular formula is C24H24O4. The highest BCUT2D eigenvalue weighted by atomic mass is 16.5. The van der Waals surface area contributed by atoms with Gasteiger partial charge >= 0.3 is 5.97 Å². The monoisotopic (exact) mass is 376 g/mol. The minimum absolute atomic E-state index is 0.267. The van der Waals surface area contributed by atoms with Gasteiger partial charge in [0.05, 0.1) is 5.56 Å². The molecule has 0 aromatic heterocycles. The van der Waals surface area contributed by atoms with Gasteiger partial charge in [-0.25, -0.2) is 4.79 Å². The summed E-state index contributed by atoms with van der Waals surface area (Å²) >= 11 is 0. The Morgan fingerprint density at radius 3 is 2.18 bits per heavy atom. The summed E-state index contributed by atoms with van der Waals surface area (Å²) in [5, 5.41) is 0. The number of ether oxygens (including phenoxy) is 3. The predicted molar refractivity (Wildman–Crippen MR) is 109 cm³/mol. The second-order valence-electron chi connectivity index (χ2n) is 6.62. The maximum atomic E-state index is 12.6. The van der Waals surface area contributed by atoms with Gasteiger partial charge in [0.15, 0.2) is 0 Å². The van der Waals surface area contributed by atoms with E-state index in [0.29, 0.717) is 30.3 Å². The van der Waals surface area contributed by atoms with Crippen LogP contribution in [0.1, 0.15) is 35.7 Å². The van der Waals surface area contributed by atoms with Crippen molar-refractivity contribution < 1.29 is 19.0 Å². The summed E-state index contributed by atoms with van der Waals surface area (Å²) in [6.45, 7) is 4.93. The molecule has 0 aliphatic heterocycles. The fourth-order valence-corrected chi connectivity index (χ4v) is 2.76. The Kier molecular flexibility index (Phi) is 6.68. The SMILES string of the molecule is CC(C)c1ccccc1OC(=O)c1cccc(OCCOc2ccccc2)c1. The zero-order valence-electron chi connectivity index (χ0n) is 16.1. The highest BCUT2D eigenvalue weighted by Gasteiger charge is 2.14. The van der Waals surface area contributed by atoms with Crippen molar-refractivity contribution in [3.63, 3.8) is 0 Å². The van der Waals surface area contributed by atoms with E-state index in [9.17, 15) is 4.79 Å². The molecule has 0 heterocycles. The molecule has 3 aromatic carbocycles. The van der Waals surface area contributed by atoms with Crippen molar-refractivity contribution in [3.8, 4) is 17.2 Å². The molecule has 0 unspecified atom stereocenters. The Hall–Kier alpha value is -3.27. The van der Waals surface area contributed by atoms with Gasteiger partial charge in [0.25, 0.3) is 0 Å². The molecule has 0 aliphatic rings. The molecule has 0 aliphatic carbocycles. The van der Waals surface area contributed by atoms with Crippen LogP contribution in [-0.2, 0) is 0 Å². The summed E-state index contributed by atoms with van der Waals surface area (Å²) in [7, 11) is 0. The number of rotatable bonds is 8. The first-order valence-electron chi connectivity index (χ1n) is 9.35. The number of carbonyl (C=O) groups excluding carboxylic acids is 1. The van der Waals surface area contributed by atoms with E-state index in [1.165, 1.54) is 0 Å². The quantitative estimate of drug-likeness (QED) is 0.296. The molecule has 0 saturated heterocycles. The molecule has 4 heteroatoms. The van der Waals surface area contributed by atoms with Gasteiger partial charge in [0, 0.05) is 0 Å². The zero-order chi connectivity index (χ0) is 19.8. The maximum absolute atomic E-state index is 12.6. The van der Waals surface area contributed by atoms with Crippen LogP contribution in [0.3, 0.4) is 0 Å². The highest BCUT2D eigenvalue weighted by Crippen LogP contribution is 2.27. The molecule has 28 heavy (non-hydrogen) atoms. The molecule has 144 valence electrons. The summed E-state index contributed by atoms with van der Waals surface area (Å²) < 4.78 is 16.9. The Morgan fingerprint density at radius 1 is 0.786 bits per heavy atom. The van der Waals surface area contributed by atoms with E-state index in [1.807, 2.05) is 54.6 Å². The minimum atomic E-state index is -0.404. The van der Waals surface area contributed by atoms with Crippen LogP contribution >= 0.6 is 0 Å². The average molecular weight is 376 g/mol. The first-order chi connectivity index (χ1) is 13.6. The largest absolute Gasteiger partial charge is 0.490 e. The van der Waals surface area contributed by atoms with Gasteiger partial charge < -0.3 is 14.2 Å². The van der Waals surface area contributed by atoms with Crippen molar-refractivity contribution >= 4 is 5.97 Å². The standard InChI is InChI=1S/C24H24O4/c1-18(2)22-13-6-7-14-23(22)28-24(25)19-9-8-12-21(17-19)27-16-15-26-20-10-4-3-5-11-20/h3-14,17-18H,15-16H2,1-2H3. The Morgan fingerprint density at radius 2 is 1.43 bits per heavy atom. The van der Waals surface area contributed by atoms with Crippen LogP contribution in [0.5, 0.6) is 17.2 Å². The number of hydrogen-bond acceptors (Lipinski definition) is 4.